The first-order valence-corrected chi connectivity index (χ1v) is 11.0. The van der Waals surface area contributed by atoms with Crippen LogP contribution in [0.3, 0.4) is 0 Å². The summed E-state index contributed by atoms with van der Waals surface area (Å²) in [6.07, 6.45) is 2.54. The molecule has 3 rings (SSSR count). The molecule has 1 aliphatic heterocycles. The molecule has 3 atom stereocenters. The maximum absolute atomic E-state index is 13.0. The van der Waals surface area contributed by atoms with Crippen molar-refractivity contribution in [2.45, 2.75) is 52.1 Å². The standard InChI is InChI=1S/C25H33N3O2/c1-4-19-11-13-21(14-12-19)23-16-15-22(17-28(23)25(30)26-5-2)24(29)27-18(3)20-9-7-6-8-10-20/h6-14,18,22-23H,4-5,15-17H2,1-3H3,(H,26,30)(H,27,29). The fraction of sp³-hybridized carbons (Fsp3) is 0.440. The number of urea groups is 1. The molecule has 0 aromatic heterocycles. The highest BCUT2D eigenvalue weighted by Gasteiger charge is 2.35. The smallest absolute Gasteiger partial charge is 0.317 e. The molecule has 2 aromatic carbocycles. The van der Waals surface area contributed by atoms with E-state index < -0.39 is 0 Å². The van der Waals surface area contributed by atoms with Crippen LogP contribution in [-0.2, 0) is 11.2 Å². The lowest BCUT2D eigenvalue weighted by Gasteiger charge is -2.39. The molecule has 0 spiro atoms. The number of hydrogen-bond acceptors (Lipinski definition) is 2. The molecule has 5 heteroatoms. The first kappa shape index (κ1) is 21.9. The fourth-order valence-electron chi connectivity index (χ4n) is 4.14. The Bertz CT molecular complexity index is 835. The van der Waals surface area contributed by atoms with Gasteiger partial charge in [0.05, 0.1) is 18.0 Å². The molecule has 3 unspecified atom stereocenters. The minimum Gasteiger partial charge on any atom is -0.349 e. The Kier molecular flexibility index (Phi) is 7.50. The number of piperidine rings is 1. The van der Waals surface area contributed by atoms with E-state index in [1.165, 1.54) is 5.56 Å². The Morgan fingerprint density at radius 1 is 1.03 bits per heavy atom. The van der Waals surface area contributed by atoms with E-state index in [9.17, 15) is 9.59 Å². The quantitative estimate of drug-likeness (QED) is 0.735. The van der Waals surface area contributed by atoms with E-state index in [1.54, 1.807) is 0 Å². The van der Waals surface area contributed by atoms with Gasteiger partial charge in [0.1, 0.15) is 0 Å². The third-order valence-electron chi connectivity index (χ3n) is 5.97. The van der Waals surface area contributed by atoms with Crippen LogP contribution in [0.25, 0.3) is 0 Å². The van der Waals surface area contributed by atoms with Gasteiger partial charge in [-0.3, -0.25) is 4.79 Å². The summed E-state index contributed by atoms with van der Waals surface area (Å²) < 4.78 is 0. The molecule has 0 radical (unpaired) electrons. The molecule has 1 saturated heterocycles. The van der Waals surface area contributed by atoms with Crippen molar-refractivity contribution in [1.82, 2.24) is 15.5 Å². The van der Waals surface area contributed by atoms with E-state index in [0.717, 1.165) is 30.4 Å². The number of carbonyl (C=O) groups is 2. The van der Waals surface area contributed by atoms with Gasteiger partial charge in [-0.25, -0.2) is 4.79 Å². The summed E-state index contributed by atoms with van der Waals surface area (Å²) in [7, 11) is 0. The van der Waals surface area contributed by atoms with Gasteiger partial charge in [-0.15, -0.1) is 0 Å². The lowest BCUT2D eigenvalue weighted by Crippen LogP contribution is -2.50. The number of rotatable bonds is 6. The zero-order chi connectivity index (χ0) is 21.5. The van der Waals surface area contributed by atoms with Crippen LogP contribution in [0.5, 0.6) is 0 Å². The molecular formula is C25H33N3O2. The van der Waals surface area contributed by atoms with Crippen molar-refractivity contribution in [3.05, 3.63) is 71.3 Å². The van der Waals surface area contributed by atoms with Crippen LogP contribution < -0.4 is 10.6 Å². The highest BCUT2D eigenvalue weighted by molar-refractivity contribution is 5.81. The fourth-order valence-corrected chi connectivity index (χ4v) is 4.14. The number of nitrogens with one attached hydrogen (secondary N) is 2. The molecule has 160 valence electrons. The molecule has 0 saturated carbocycles. The van der Waals surface area contributed by atoms with Gasteiger partial charge < -0.3 is 15.5 Å². The first-order chi connectivity index (χ1) is 14.5. The van der Waals surface area contributed by atoms with Crippen LogP contribution in [0.4, 0.5) is 4.79 Å². The predicted octanol–water partition coefficient (Wildman–Crippen LogP) is 4.61. The van der Waals surface area contributed by atoms with Gasteiger partial charge >= 0.3 is 6.03 Å². The average molecular weight is 408 g/mol. The second-order valence-electron chi connectivity index (χ2n) is 8.01. The van der Waals surface area contributed by atoms with Gasteiger partial charge in [0.2, 0.25) is 5.91 Å². The number of amides is 3. The maximum Gasteiger partial charge on any atom is 0.317 e. The molecule has 2 N–H and O–H groups in total. The van der Waals surface area contributed by atoms with Crippen LogP contribution in [-0.4, -0.2) is 29.9 Å². The topological polar surface area (TPSA) is 61.4 Å². The minimum atomic E-state index is -0.204. The SMILES string of the molecule is CCNC(=O)N1CC(C(=O)NC(C)c2ccccc2)CCC1c1ccc(CC)cc1. The van der Waals surface area contributed by atoms with E-state index >= 15 is 0 Å². The minimum absolute atomic E-state index is 0.00180. The van der Waals surface area contributed by atoms with Crippen molar-refractivity contribution in [2.75, 3.05) is 13.1 Å². The number of nitrogens with zero attached hydrogens (tertiary/aromatic N) is 1. The molecule has 1 aliphatic rings. The van der Waals surface area contributed by atoms with Crippen molar-refractivity contribution < 1.29 is 9.59 Å². The van der Waals surface area contributed by atoms with E-state index in [-0.39, 0.29) is 29.9 Å². The van der Waals surface area contributed by atoms with Crippen molar-refractivity contribution in [3.8, 4) is 0 Å². The van der Waals surface area contributed by atoms with E-state index in [4.69, 9.17) is 0 Å². The zero-order valence-corrected chi connectivity index (χ0v) is 18.2. The van der Waals surface area contributed by atoms with Gasteiger partial charge in [-0.1, -0.05) is 61.5 Å². The molecule has 5 nitrogen and oxygen atoms in total. The summed E-state index contributed by atoms with van der Waals surface area (Å²) in [6, 6.07) is 18.3. The molecule has 1 fully saturated rings. The van der Waals surface area contributed by atoms with E-state index in [2.05, 4.69) is 41.8 Å². The second-order valence-corrected chi connectivity index (χ2v) is 8.01. The van der Waals surface area contributed by atoms with Crippen molar-refractivity contribution in [3.63, 3.8) is 0 Å². The Morgan fingerprint density at radius 2 is 1.73 bits per heavy atom. The molecule has 0 bridgehead atoms. The lowest BCUT2D eigenvalue weighted by molar-refractivity contribution is -0.127. The van der Waals surface area contributed by atoms with Crippen LogP contribution in [0.15, 0.2) is 54.6 Å². The Hall–Kier alpha value is -2.82. The highest BCUT2D eigenvalue weighted by Crippen LogP contribution is 2.34. The van der Waals surface area contributed by atoms with Gasteiger partial charge in [-0.05, 0) is 49.8 Å². The van der Waals surface area contributed by atoms with Gasteiger partial charge in [-0.2, -0.15) is 0 Å². The Balaban J connectivity index is 1.72. The molecule has 2 aromatic rings. The number of hydrogen-bond donors (Lipinski definition) is 2. The summed E-state index contributed by atoms with van der Waals surface area (Å²) >= 11 is 0. The average Bonchev–Trinajstić information content (AvgIpc) is 2.79. The zero-order valence-electron chi connectivity index (χ0n) is 18.2. The van der Waals surface area contributed by atoms with Gasteiger partial charge in [0.15, 0.2) is 0 Å². The summed E-state index contributed by atoms with van der Waals surface area (Å²) in [6.45, 7) is 7.04. The second kappa shape index (κ2) is 10.3. The van der Waals surface area contributed by atoms with Crippen LogP contribution in [0.1, 0.15) is 62.4 Å². The molecular weight excluding hydrogens is 374 g/mol. The summed E-state index contributed by atoms with van der Waals surface area (Å²) in [5.41, 5.74) is 3.50. The van der Waals surface area contributed by atoms with Crippen molar-refractivity contribution >= 4 is 11.9 Å². The number of likely N-dealkylation sites (tertiary alicyclic amines) is 1. The van der Waals surface area contributed by atoms with E-state index in [1.807, 2.05) is 49.1 Å². The van der Waals surface area contributed by atoms with Crippen LogP contribution in [0, 0.1) is 5.92 Å². The van der Waals surface area contributed by atoms with Gasteiger partial charge in [0, 0.05) is 13.1 Å². The molecule has 1 heterocycles. The Morgan fingerprint density at radius 3 is 2.37 bits per heavy atom. The predicted molar refractivity (Wildman–Crippen MR) is 120 cm³/mol. The molecule has 3 amide bonds. The third-order valence-corrected chi connectivity index (χ3v) is 5.97. The van der Waals surface area contributed by atoms with E-state index in [0.29, 0.717) is 13.1 Å². The van der Waals surface area contributed by atoms with Crippen LogP contribution >= 0.6 is 0 Å². The summed E-state index contributed by atoms with van der Waals surface area (Å²) in [4.78, 5) is 27.6. The third kappa shape index (κ3) is 5.21. The van der Waals surface area contributed by atoms with Crippen LogP contribution in [0.2, 0.25) is 0 Å². The maximum atomic E-state index is 13.0. The largest absolute Gasteiger partial charge is 0.349 e. The normalized spacial score (nSPS) is 19.8. The molecule has 30 heavy (non-hydrogen) atoms. The monoisotopic (exact) mass is 407 g/mol. The summed E-state index contributed by atoms with van der Waals surface area (Å²) in [5.74, 6) is -0.189. The molecule has 0 aliphatic carbocycles. The Labute approximate surface area is 179 Å². The number of benzene rings is 2. The lowest BCUT2D eigenvalue weighted by atomic mass is 9.88. The van der Waals surface area contributed by atoms with Crippen molar-refractivity contribution in [1.29, 1.82) is 0 Å². The van der Waals surface area contributed by atoms with Gasteiger partial charge in [0.25, 0.3) is 0 Å². The first-order valence-electron chi connectivity index (χ1n) is 11.0. The highest BCUT2D eigenvalue weighted by atomic mass is 16.2. The number of carbonyl (C=O) groups excluding carboxylic acids is 2. The summed E-state index contributed by atoms with van der Waals surface area (Å²) in [5, 5.41) is 6.05. The van der Waals surface area contributed by atoms with Crippen molar-refractivity contribution in [2.24, 2.45) is 5.92 Å². The number of aryl methyl sites for hydroxylation is 1.